The molecule has 94 valence electrons. The highest BCUT2D eigenvalue weighted by molar-refractivity contribution is 6.30. The second kappa shape index (κ2) is 5.36. The number of benzene rings is 1. The Morgan fingerprint density at radius 3 is 2.94 bits per heavy atom. The standard InChI is InChI=1S/C13H12ClFN2O/c14-10-5-4-8(6-11(10)15)13(18)17-12-3-1-2-9(12)7-16/h4-6,9,12H,1-3H2,(H,17,18). The predicted octanol–water partition coefficient (Wildman–Crippen LogP) is 2.90. The van der Waals surface area contributed by atoms with Gasteiger partial charge in [-0.15, -0.1) is 0 Å². The van der Waals surface area contributed by atoms with Gasteiger partial charge < -0.3 is 5.32 Å². The van der Waals surface area contributed by atoms with E-state index in [2.05, 4.69) is 11.4 Å². The highest BCUT2D eigenvalue weighted by atomic mass is 35.5. The van der Waals surface area contributed by atoms with E-state index in [4.69, 9.17) is 16.9 Å². The zero-order valence-corrected chi connectivity index (χ0v) is 10.4. The molecule has 1 amide bonds. The molecule has 0 aromatic heterocycles. The van der Waals surface area contributed by atoms with Crippen molar-refractivity contribution in [2.24, 2.45) is 5.92 Å². The summed E-state index contributed by atoms with van der Waals surface area (Å²) in [5, 5.41) is 11.7. The first-order valence-corrected chi connectivity index (χ1v) is 6.15. The van der Waals surface area contributed by atoms with Crippen LogP contribution in [0.15, 0.2) is 18.2 Å². The lowest BCUT2D eigenvalue weighted by Crippen LogP contribution is -2.36. The molecule has 1 aromatic carbocycles. The largest absolute Gasteiger partial charge is 0.348 e. The predicted molar refractivity (Wildman–Crippen MR) is 65.6 cm³/mol. The van der Waals surface area contributed by atoms with Gasteiger partial charge in [0.25, 0.3) is 5.91 Å². The van der Waals surface area contributed by atoms with Gasteiger partial charge in [-0.05, 0) is 37.5 Å². The summed E-state index contributed by atoms with van der Waals surface area (Å²) in [5.74, 6) is -1.13. The van der Waals surface area contributed by atoms with Crippen LogP contribution in [-0.2, 0) is 0 Å². The number of nitrogens with one attached hydrogen (secondary N) is 1. The Morgan fingerprint density at radius 1 is 1.50 bits per heavy atom. The summed E-state index contributed by atoms with van der Waals surface area (Å²) in [5.41, 5.74) is 0.223. The van der Waals surface area contributed by atoms with Crippen LogP contribution in [0.1, 0.15) is 29.6 Å². The molecule has 1 aliphatic rings. The van der Waals surface area contributed by atoms with Crippen molar-refractivity contribution in [2.45, 2.75) is 25.3 Å². The number of rotatable bonds is 2. The van der Waals surface area contributed by atoms with Gasteiger partial charge in [0.1, 0.15) is 5.82 Å². The molecule has 0 heterocycles. The van der Waals surface area contributed by atoms with Crippen molar-refractivity contribution in [3.63, 3.8) is 0 Å². The van der Waals surface area contributed by atoms with E-state index < -0.39 is 5.82 Å². The molecule has 3 nitrogen and oxygen atoms in total. The minimum atomic E-state index is -0.618. The maximum Gasteiger partial charge on any atom is 0.251 e. The molecule has 1 N–H and O–H groups in total. The first-order chi connectivity index (χ1) is 8.61. The molecule has 1 aliphatic carbocycles. The third-order valence-corrected chi connectivity index (χ3v) is 3.49. The normalized spacial score (nSPS) is 22.5. The molecule has 1 fully saturated rings. The number of halogens is 2. The van der Waals surface area contributed by atoms with Crippen LogP contribution in [0.2, 0.25) is 5.02 Å². The summed E-state index contributed by atoms with van der Waals surface area (Å²) < 4.78 is 13.2. The van der Waals surface area contributed by atoms with Gasteiger partial charge in [0.15, 0.2) is 0 Å². The monoisotopic (exact) mass is 266 g/mol. The van der Waals surface area contributed by atoms with Crippen molar-refractivity contribution in [3.05, 3.63) is 34.6 Å². The zero-order valence-electron chi connectivity index (χ0n) is 9.62. The molecule has 0 spiro atoms. The number of carbonyl (C=O) groups is 1. The minimum absolute atomic E-state index is 0.0117. The number of hydrogen-bond acceptors (Lipinski definition) is 2. The second-order valence-electron chi connectivity index (χ2n) is 4.38. The molecule has 0 saturated heterocycles. The Labute approximate surface area is 110 Å². The molecule has 2 rings (SSSR count). The maximum atomic E-state index is 13.2. The zero-order chi connectivity index (χ0) is 13.1. The van der Waals surface area contributed by atoms with E-state index in [9.17, 15) is 9.18 Å². The summed E-state index contributed by atoms with van der Waals surface area (Å²) in [6.45, 7) is 0. The Balaban J connectivity index is 2.08. The lowest BCUT2D eigenvalue weighted by atomic mass is 10.1. The molecule has 0 radical (unpaired) electrons. The fourth-order valence-electron chi connectivity index (χ4n) is 2.18. The molecular weight excluding hydrogens is 255 g/mol. The second-order valence-corrected chi connectivity index (χ2v) is 4.78. The van der Waals surface area contributed by atoms with Crippen molar-refractivity contribution >= 4 is 17.5 Å². The van der Waals surface area contributed by atoms with Gasteiger partial charge in [0.2, 0.25) is 0 Å². The van der Waals surface area contributed by atoms with E-state index in [0.717, 1.165) is 25.3 Å². The molecule has 2 atom stereocenters. The van der Waals surface area contributed by atoms with Gasteiger partial charge in [-0.2, -0.15) is 5.26 Å². The molecule has 0 aliphatic heterocycles. The quantitative estimate of drug-likeness (QED) is 0.895. The van der Waals surface area contributed by atoms with Crippen molar-refractivity contribution in [1.82, 2.24) is 5.32 Å². The Hall–Kier alpha value is -1.60. The highest BCUT2D eigenvalue weighted by Crippen LogP contribution is 2.25. The number of amides is 1. The SMILES string of the molecule is N#CC1CCCC1NC(=O)c1ccc(Cl)c(F)c1. The third-order valence-electron chi connectivity index (χ3n) is 3.18. The molecule has 5 heteroatoms. The van der Waals surface area contributed by atoms with E-state index in [1.165, 1.54) is 12.1 Å². The average molecular weight is 267 g/mol. The van der Waals surface area contributed by atoms with Gasteiger partial charge in [-0.3, -0.25) is 4.79 Å². The van der Waals surface area contributed by atoms with E-state index in [1.54, 1.807) is 0 Å². The fourth-order valence-corrected chi connectivity index (χ4v) is 2.29. The number of hydrogen-bond donors (Lipinski definition) is 1. The Kier molecular flexibility index (Phi) is 3.83. The Bertz CT molecular complexity index is 512. The van der Waals surface area contributed by atoms with Gasteiger partial charge in [-0.1, -0.05) is 11.6 Å². The molecule has 2 unspecified atom stereocenters. The van der Waals surface area contributed by atoms with Crippen LogP contribution in [0, 0.1) is 23.1 Å². The summed E-state index contributed by atoms with van der Waals surface area (Å²) in [6.07, 6.45) is 2.52. The minimum Gasteiger partial charge on any atom is -0.348 e. The van der Waals surface area contributed by atoms with Gasteiger partial charge >= 0.3 is 0 Å². The summed E-state index contributed by atoms with van der Waals surface area (Å²) in [4.78, 5) is 11.9. The van der Waals surface area contributed by atoms with Crippen LogP contribution in [0.3, 0.4) is 0 Å². The Morgan fingerprint density at radius 2 is 2.28 bits per heavy atom. The van der Waals surface area contributed by atoms with Crippen LogP contribution >= 0.6 is 11.6 Å². The summed E-state index contributed by atoms with van der Waals surface area (Å²) in [7, 11) is 0. The topological polar surface area (TPSA) is 52.9 Å². The summed E-state index contributed by atoms with van der Waals surface area (Å²) in [6, 6.07) is 5.97. The van der Waals surface area contributed by atoms with Crippen molar-refractivity contribution in [3.8, 4) is 6.07 Å². The molecule has 18 heavy (non-hydrogen) atoms. The molecule has 1 saturated carbocycles. The van der Waals surface area contributed by atoms with Crippen LogP contribution in [0.25, 0.3) is 0 Å². The fraction of sp³-hybridized carbons (Fsp3) is 0.385. The lowest BCUT2D eigenvalue weighted by molar-refractivity contribution is 0.0932. The van der Waals surface area contributed by atoms with E-state index in [1.807, 2.05) is 0 Å². The van der Waals surface area contributed by atoms with Gasteiger partial charge in [0.05, 0.1) is 17.0 Å². The lowest BCUT2D eigenvalue weighted by Gasteiger charge is -2.15. The van der Waals surface area contributed by atoms with Crippen LogP contribution in [0.4, 0.5) is 4.39 Å². The van der Waals surface area contributed by atoms with Crippen molar-refractivity contribution in [1.29, 1.82) is 5.26 Å². The molecular formula is C13H12ClFN2O. The molecule has 1 aromatic rings. The first kappa shape index (κ1) is 12.8. The van der Waals surface area contributed by atoms with Crippen molar-refractivity contribution in [2.75, 3.05) is 0 Å². The number of nitrogens with zero attached hydrogens (tertiary/aromatic N) is 1. The van der Waals surface area contributed by atoms with Gasteiger partial charge in [-0.25, -0.2) is 4.39 Å². The van der Waals surface area contributed by atoms with Crippen molar-refractivity contribution < 1.29 is 9.18 Å². The smallest absolute Gasteiger partial charge is 0.251 e. The van der Waals surface area contributed by atoms with E-state index >= 15 is 0 Å². The number of nitriles is 1. The van der Waals surface area contributed by atoms with Crippen LogP contribution in [-0.4, -0.2) is 11.9 Å². The van der Waals surface area contributed by atoms with Crippen LogP contribution < -0.4 is 5.32 Å². The molecule has 0 bridgehead atoms. The highest BCUT2D eigenvalue weighted by Gasteiger charge is 2.28. The number of carbonyl (C=O) groups excluding carboxylic acids is 1. The first-order valence-electron chi connectivity index (χ1n) is 5.77. The third kappa shape index (κ3) is 2.62. The van der Waals surface area contributed by atoms with E-state index in [-0.39, 0.29) is 28.5 Å². The maximum absolute atomic E-state index is 13.2. The van der Waals surface area contributed by atoms with Crippen LogP contribution in [0.5, 0.6) is 0 Å². The van der Waals surface area contributed by atoms with Gasteiger partial charge in [0, 0.05) is 11.6 Å². The van der Waals surface area contributed by atoms with E-state index in [0.29, 0.717) is 0 Å². The average Bonchev–Trinajstić information content (AvgIpc) is 2.79. The summed E-state index contributed by atoms with van der Waals surface area (Å²) >= 11 is 5.55.